The molecule has 0 aliphatic carbocycles. The summed E-state index contributed by atoms with van der Waals surface area (Å²) in [6, 6.07) is 0. The van der Waals surface area contributed by atoms with Gasteiger partial charge in [-0.05, 0) is 0 Å². The lowest BCUT2D eigenvalue weighted by atomic mass is 10.2. The smallest absolute Gasteiger partial charge is 0.130 e. The van der Waals surface area contributed by atoms with Crippen LogP contribution < -0.4 is 0 Å². The van der Waals surface area contributed by atoms with Crippen molar-refractivity contribution in [3.63, 3.8) is 0 Å². The third-order valence-electron chi connectivity index (χ3n) is 1.02. The molecule has 42 valence electrons. The maximum Gasteiger partial charge on any atom is 0.130 e. The van der Waals surface area contributed by atoms with E-state index in [1.54, 1.807) is 5.94 Å². The van der Waals surface area contributed by atoms with Gasteiger partial charge in [0.25, 0.3) is 0 Å². The van der Waals surface area contributed by atoms with Crippen LogP contribution in [0.4, 0.5) is 0 Å². The molecule has 0 radical (unpaired) electrons. The number of ether oxygens (including phenoxy) is 1. The van der Waals surface area contributed by atoms with E-state index in [1.165, 1.54) is 6.08 Å². The molecule has 0 amide bonds. The number of rotatable bonds is 2. The third-order valence-corrected chi connectivity index (χ3v) is 1.02. The molecule has 1 aliphatic rings. The Morgan fingerprint density at radius 1 is 2.00 bits per heavy atom. The first-order valence-corrected chi connectivity index (χ1v) is 2.37. The van der Waals surface area contributed by atoms with E-state index >= 15 is 0 Å². The van der Waals surface area contributed by atoms with Crippen molar-refractivity contribution in [3.8, 4) is 0 Å². The molecule has 0 N–H and O–H groups in total. The molecule has 8 heavy (non-hydrogen) atoms. The van der Waals surface area contributed by atoms with Crippen molar-refractivity contribution in [3.05, 3.63) is 18.2 Å². The minimum Gasteiger partial charge on any atom is -0.367 e. The van der Waals surface area contributed by atoms with Gasteiger partial charge in [-0.15, -0.1) is 0 Å². The second kappa shape index (κ2) is 1.95. The zero-order valence-electron chi connectivity index (χ0n) is 4.39. The molecule has 0 aromatic heterocycles. The van der Waals surface area contributed by atoms with Crippen molar-refractivity contribution in [1.82, 2.24) is 0 Å². The zero-order chi connectivity index (χ0) is 5.98. The molecule has 1 heterocycles. The standard InChI is InChI=1S/C6H6O2/c1-2-5(3-7)6-4-8-6/h2,6H,1,4H2. The molecule has 0 aromatic rings. The van der Waals surface area contributed by atoms with Gasteiger partial charge in [0.05, 0.1) is 12.2 Å². The van der Waals surface area contributed by atoms with Crippen LogP contribution in [-0.4, -0.2) is 18.7 Å². The molecule has 2 heteroatoms. The Morgan fingerprint density at radius 3 is 2.75 bits per heavy atom. The largest absolute Gasteiger partial charge is 0.367 e. The summed E-state index contributed by atoms with van der Waals surface area (Å²) in [7, 11) is 0. The van der Waals surface area contributed by atoms with Crippen LogP contribution in [0.15, 0.2) is 18.2 Å². The first-order valence-electron chi connectivity index (χ1n) is 2.37. The van der Waals surface area contributed by atoms with Crippen LogP contribution in [0.2, 0.25) is 0 Å². The minimum absolute atomic E-state index is 0.00463. The summed E-state index contributed by atoms with van der Waals surface area (Å²) in [4.78, 5) is 9.90. The molecule has 0 spiro atoms. The Bertz CT molecular complexity index is 150. The van der Waals surface area contributed by atoms with Crippen LogP contribution in [-0.2, 0) is 9.53 Å². The van der Waals surface area contributed by atoms with Gasteiger partial charge in [0.1, 0.15) is 12.0 Å². The fraction of sp³-hybridized carbons (Fsp3) is 0.333. The lowest BCUT2D eigenvalue weighted by Crippen LogP contribution is -1.87. The zero-order valence-corrected chi connectivity index (χ0v) is 4.39. The van der Waals surface area contributed by atoms with Gasteiger partial charge in [-0.2, -0.15) is 0 Å². The van der Waals surface area contributed by atoms with Crippen LogP contribution in [0, 0.1) is 0 Å². The van der Waals surface area contributed by atoms with Gasteiger partial charge in [-0.25, -0.2) is 4.79 Å². The van der Waals surface area contributed by atoms with Crippen molar-refractivity contribution in [1.29, 1.82) is 0 Å². The average Bonchev–Trinajstić information content (AvgIpc) is 2.53. The molecule has 1 aliphatic heterocycles. The monoisotopic (exact) mass is 110 g/mol. The van der Waals surface area contributed by atoms with Gasteiger partial charge < -0.3 is 4.74 Å². The minimum atomic E-state index is 0.00463. The lowest BCUT2D eigenvalue weighted by Gasteiger charge is -1.80. The summed E-state index contributed by atoms with van der Waals surface area (Å²) in [5, 5.41) is 0. The topological polar surface area (TPSA) is 29.6 Å². The molecular weight excluding hydrogens is 104 g/mol. The van der Waals surface area contributed by atoms with Crippen LogP contribution >= 0.6 is 0 Å². The number of epoxide rings is 1. The molecule has 1 atom stereocenters. The number of carbonyl (C=O) groups excluding carboxylic acids is 1. The molecule has 0 bridgehead atoms. The maximum absolute atomic E-state index is 9.90. The molecule has 1 unspecified atom stereocenters. The molecule has 1 rings (SSSR count). The highest BCUT2D eigenvalue weighted by molar-refractivity contribution is 5.59. The molecular formula is C6H6O2. The lowest BCUT2D eigenvalue weighted by molar-refractivity contribution is 0.434. The van der Waals surface area contributed by atoms with E-state index in [0.29, 0.717) is 12.2 Å². The Labute approximate surface area is 47.5 Å². The summed E-state index contributed by atoms with van der Waals surface area (Å²) in [6.07, 6.45) is 1.48. The summed E-state index contributed by atoms with van der Waals surface area (Å²) in [6.45, 7) is 4.06. The molecule has 2 nitrogen and oxygen atoms in total. The Kier molecular flexibility index (Phi) is 1.29. The first-order chi connectivity index (χ1) is 3.88. The van der Waals surface area contributed by atoms with Gasteiger partial charge in [0, 0.05) is 0 Å². The SMILES string of the molecule is C=CC(=C=O)C1CO1. The molecule has 1 fully saturated rings. The summed E-state index contributed by atoms with van der Waals surface area (Å²) >= 11 is 0. The second-order valence-electron chi connectivity index (χ2n) is 1.58. The van der Waals surface area contributed by atoms with Gasteiger partial charge in [0.15, 0.2) is 0 Å². The van der Waals surface area contributed by atoms with Crippen molar-refractivity contribution in [2.45, 2.75) is 6.10 Å². The summed E-state index contributed by atoms with van der Waals surface area (Å²) in [5.74, 6) is 1.74. The van der Waals surface area contributed by atoms with E-state index in [0.717, 1.165) is 0 Å². The van der Waals surface area contributed by atoms with Crippen molar-refractivity contribution >= 4 is 5.94 Å². The number of hydrogen-bond donors (Lipinski definition) is 0. The fourth-order valence-corrected chi connectivity index (χ4v) is 0.467. The maximum atomic E-state index is 9.90. The van der Waals surface area contributed by atoms with Crippen molar-refractivity contribution < 1.29 is 9.53 Å². The van der Waals surface area contributed by atoms with E-state index in [9.17, 15) is 4.79 Å². The van der Waals surface area contributed by atoms with Gasteiger partial charge in [-0.1, -0.05) is 12.7 Å². The highest BCUT2D eigenvalue weighted by atomic mass is 16.6. The van der Waals surface area contributed by atoms with Crippen LogP contribution in [0.25, 0.3) is 0 Å². The fourth-order valence-electron chi connectivity index (χ4n) is 0.467. The van der Waals surface area contributed by atoms with Gasteiger partial charge >= 0.3 is 0 Å². The van der Waals surface area contributed by atoms with E-state index in [1.807, 2.05) is 0 Å². The van der Waals surface area contributed by atoms with Crippen LogP contribution in [0.5, 0.6) is 0 Å². The molecule has 1 saturated heterocycles. The van der Waals surface area contributed by atoms with Crippen molar-refractivity contribution in [2.24, 2.45) is 0 Å². The number of hydrogen-bond acceptors (Lipinski definition) is 2. The summed E-state index contributed by atoms with van der Waals surface area (Å²) in [5.41, 5.74) is 0.532. The second-order valence-corrected chi connectivity index (χ2v) is 1.58. The van der Waals surface area contributed by atoms with E-state index in [4.69, 9.17) is 4.74 Å². The predicted octanol–water partition coefficient (Wildman–Crippen LogP) is 0.329. The normalized spacial score (nSPS) is 23.8. The molecule has 0 aromatic carbocycles. The Hall–Kier alpha value is -0.850. The highest BCUT2D eigenvalue weighted by Crippen LogP contribution is 2.16. The average molecular weight is 110 g/mol. The van der Waals surface area contributed by atoms with Crippen LogP contribution in [0.3, 0.4) is 0 Å². The first kappa shape index (κ1) is 5.29. The van der Waals surface area contributed by atoms with E-state index in [2.05, 4.69) is 6.58 Å². The molecule has 0 saturated carbocycles. The van der Waals surface area contributed by atoms with Gasteiger partial charge in [0.2, 0.25) is 0 Å². The van der Waals surface area contributed by atoms with Gasteiger partial charge in [-0.3, -0.25) is 0 Å². The van der Waals surface area contributed by atoms with Crippen molar-refractivity contribution in [2.75, 3.05) is 6.61 Å². The van der Waals surface area contributed by atoms with E-state index in [-0.39, 0.29) is 6.10 Å². The Morgan fingerprint density at radius 2 is 2.62 bits per heavy atom. The Balaban J connectivity index is 2.63. The quantitative estimate of drug-likeness (QED) is 0.291. The third kappa shape index (κ3) is 0.861. The van der Waals surface area contributed by atoms with E-state index < -0.39 is 0 Å². The van der Waals surface area contributed by atoms with Crippen LogP contribution in [0.1, 0.15) is 0 Å². The summed E-state index contributed by atoms with van der Waals surface area (Å²) < 4.78 is 4.78. The highest BCUT2D eigenvalue weighted by Gasteiger charge is 2.26. The predicted molar refractivity (Wildman–Crippen MR) is 29.1 cm³/mol.